The SMILES string of the molecule is [2H]C([2H])([2H])C(O)(C#CC(C)(O)CC(C)CO)CC(C)C. The van der Waals surface area contributed by atoms with Gasteiger partial charge in [-0.15, -0.1) is 0 Å². The zero-order valence-electron chi connectivity index (χ0n) is 14.1. The van der Waals surface area contributed by atoms with E-state index in [9.17, 15) is 10.2 Å². The fourth-order valence-corrected chi connectivity index (χ4v) is 1.67. The zero-order chi connectivity index (χ0) is 16.2. The molecule has 0 bridgehead atoms. The first kappa shape index (κ1) is 11.5. The van der Waals surface area contributed by atoms with Crippen molar-refractivity contribution >= 4 is 0 Å². The van der Waals surface area contributed by atoms with Crippen molar-refractivity contribution in [2.24, 2.45) is 11.8 Å². The van der Waals surface area contributed by atoms with E-state index < -0.39 is 18.1 Å². The summed E-state index contributed by atoms with van der Waals surface area (Å²) in [6.45, 7) is 4.06. The standard InChI is InChI=1S/C14H26O3/c1-11(2)8-13(4,16)6-7-14(5,17)9-12(3)10-15/h11-12,15-17H,8-10H2,1-5H3/i4D3. The highest BCUT2D eigenvalue weighted by molar-refractivity contribution is 5.19. The van der Waals surface area contributed by atoms with Gasteiger partial charge in [-0.1, -0.05) is 32.6 Å². The monoisotopic (exact) mass is 245 g/mol. The molecule has 0 fully saturated rings. The van der Waals surface area contributed by atoms with Gasteiger partial charge in [0.25, 0.3) is 0 Å². The van der Waals surface area contributed by atoms with Crippen LogP contribution in [0.4, 0.5) is 0 Å². The van der Waals surface area contributed by atoms with E-state index in [0.717, 1.165) is 0 Å². The molecule has 3 heteroatoms. The molecule has 3 N–H and O–H groups in total. The molecule has 0 aromatic rings. The molecule has 0 radical (unpaired) electrons. The predicted octanol–water partition coefficient (Wildman–Crippen LogP) is 1.56. The lowest BCUT2D eigenvalue weighted by molar-refractivity contribution is 0.0742. The quantitative estimate of drug-likeness (QED) is 0.644. The minimum atomic E-state index is -2.64. The molecule has 0 aromatic carbocycles. The number of aliphatic hydroxyl groups excluding tert-OH is 1. The van der Waals surface area contributed by atoms with Gasteiger partial charge in [0.05, 0.1) is 0 Å². The van der Waals surface area contributed by atoms with Gasteiger partial charge in [-0.3, -0.25) is 0 Å². The first-order chi connectivity index (χ1) is 8.83. The van der Waals surface area contributed by atoms with Crippen LogP contribution in [-0.2, 0) is 0 Å². The summed E-state index contributed by atoms with van der Waals surface area (Å²) < 4.78 is 22.3. The van der Waals surface area contributed by atoms with E-state index >= 15 is 0 Å². The van der Waals surface area contributed by atoms with Crippen molar-refractivity contribution < 1.29 is 19.4 Å². The maximum absolute atomic E-state index is 10.3. The van der Waals surface area contributed by atoms with Gasteiger partial charge < -0.3 is 15.3 Å². The third kappa shape index (κ3) is 8.20. The Kier molecular flexibility index (Phi) is 4.33. The molecule has 0 spiro atoms. The number of hydrogen-bond acceptors (Lipinski definition) is 3. The Bertz CT molecular complexity index is 366. The van der Waals surface area contributed by atoms with Crippen LogP contribution < -0.4 is 0 Å². The summed E-state index contributed by atoms with van der Waals surface area (Å²) in [5.74, 6) is 4.60. The van der Waals surface area contributed by atoms with Crippen LogP contribution in [-0.4, -0.2) is 33.1 Å². The van der Waals surface area contributed by atoms with Gasteiger partial charge in [-0.05, 0) is 38.5 Å². The Balaban J connectivity index is 5.24. The summed E-state index contributed by atoms with van der Waals surface area (Å²) in [5.41, 5.74) is -3.58. The summed E-state index contributed by atoms with van der Waals surface area (Å²) >= 11 is 0. The van der Waals surface area contributed by atoms with Gasteiger partial charge in [0, 0.05) is 10.7 Å². The molecule has 0 saturated heterocycles. The molecule has 0 saturated carbocycles. The average molecular weight is 245 g/mol. The first-order valence-corrected chi connectivity index (χ1v) is 5.93. The largest absolute Gasteiger partial charge is 0.396 e. The highest BCUT2D eigenvalue weighted by Crippen LogP contribution is 2.18. The Morgan fingerprint density at radius 3 is 2.06 bits per heavy atom. The van der Waals surface area contributed by atoms with Gasteiger partial charge >= 0.3 is 0 Å². The van der Waals surface area contributed by atoms with Gasteiger partial charge in [-0.2, -0.15) is 0 Å². The molecule has 3 atom stereocenters. The molecule has 3 unspecified atom stereocenters. The second-order valence-corrected chi connectivity index (χ2v) is 5.47. The molecule has 0 aliphatic rings. The molecule has 3 nitrogen and oxygen atoms in total. The third-order valence-electron chi connectivity index (χ3n) is 2.30. The van der Waals surface area contributed by atoms with E-state index in [1.54, 1.807) is 20.8 Å². The molecular formula is C14H26O3. The van der Waals surface area contributed by atoms with Gasteiger partial charge in [0.1, 0.15) is 11.2 Å². The summed E-state index contributed by atoms with van der Waals surface area (Å²) in [6.07, 6.45) is 0.206. The summed E-state index contributed by atoms with van der Waals surface area (Å²) in [7, 11) is 0. The summed E-state index contributed by atoms with van der Waals surface area (Å²) in [5, 5.41) is 29.4. The molecule has 100 valence electrons. The lowest BCUT2D eigenvalue weighted by atomic mass is 9.91. The van der Waals surface area contributed by atoms with Crippen molar-refractivity contribution in [2.75, 3.05) is 6.61 Å². The maximum Gasteiger partial charge on any atom is 0.123 e. The lowest BCUT2D eigenvalue weighted by Crippen LogP contribution is -2.29. The molecule has 0 aliphatic carbocycles. The van der Waals surface area contributed by atoms with Crippen LogP contribution in [0.1, 0.15) is 51.5 Å². The zero-order valence-corrected chi connectivity index (χ0v) is 11.1. The summed E-state index contributed by atoms with van der Waals surface area (Å²) in [6, 6.07) is 0. The fourth-order valence-electron chi connectivity index (χ4n) is 1.67. The van der Waals surface area contributed by atoms with Crippen LogP contribution in [0.25, 0.3) is 0 Å². The molecule has 0 aliphatic heterocycles. The molecule has 0 heterocycles. The molecular weight excluding hydrogens is 216 g/mol. The first-order valence-electron chi connectivity index (χ1n) is 7.43. The highest BCUT2D eigenvalue weighted by Gasteiger charge is 2.23. The normalized spacial score (nSPS) is 23.4. The van der Waals surface area contributed by atoms with E-state index in [2.05, 4.69) is 11.8 Å². The van der Waals surface area contributed by atoms with Crippen LogP contribution in [0.3, 0.4) is 0 Å². The van der Waals surface area contributed by atoms with Crippen LogP contribution >= 0.6 is 0 Å². The maximum atomic E-state index is 10.3. The topological polar surface area (TPSA) is 60.7 Å². The van der Waals surface area contributed by atoms with Crippen molar-refractivity contribution in [3.05, 3.63) is 0 Å². The minimum absolute atomic E-state index is 0.00212. The molecule has 0 rings (SSSR count). The number of hydrogen-bond donors (Lipinski definition) is 3. The second-order valence-electron chi connectivity index (χ2n) is 5.47. The third-order valence-corrected chi connectivity index (χ3v) is 2.30. The van der Waals surface area contributed by atoms with Crippen molar-refractivity contribution in [3.8, 4) is 11.8 Å². The van der Waals surface area contributed by atoms with Gasteiger partial charge in [-0.25, -0.2) is 0 Å². The average Bonchev–Trinajstić information content (AvgIpc) is 2.23. The van der Waals surface area contributed by atoms with Crippen molar-refractivity contribution in [3.63, 3.8) is 0 Å². The fraction of sp³-hybridized carbons (Fsp3) is 0.857. The van der Waals surface area contributed by atoms with E-state index in [1.807, 2.05) is 0 Å². The molecule has 0 amide bonds. The predicted molar refractivity (Wildman–Crippen MR) is 69.3 cm³/mol. The Morgan fingerprint density at radius 2 is 1.65 bits per heavy atom. The van der Waals surface area contributed by atoms with E-state index in [-0.39, 0.29) is 31.3 Å². The smallest absolute Gasteiger partial charge is 0.123 e. The van der Waals surface area contributed by atoms with Crippen LogP contribution in [0.2, 0.25) is 0 Å². The van der Waals surface area contributed by atoms with Gasteiger partial charge in [0.2, 0.25) is 0 Å². The van der Waals surface area contributed by atoms with Crippen LogP contribution in [0, 0.1) is 23.7 Å². The van der Waals surface area contributed by atoms with Crippen LogP contribution in [0.5, 0.6) is 0 Å². The van der Waals surface area contributed by atoms with Gasteiger partial charge in [0.15, 0.2) is 0 Å². The molecule has 0 aromatic heterocycles. The van der Waals surface area contributed by atoms with Crippen molar-refractivity contribution in [2.45, 2.75) is 58.6 Å². The lowest BCUT2D eigenvalue weighted by Gasteiger charge is -2.22. The van der Waals surface area contributed by atoms with Crippen molar-refractivity contribution in [1.82, 2.24) is 0 Å². The van der Waals surface area contributed by atoms with E-state index in [1.165, 1.54) is 6.92 Å². The minimum Gasteiger partial charge on any atom is -0.396 e. The Hall–Kier alpha value is -0.560. The second kappa shape index (κ2) is 6.39. The Labute approximate surface area is 109 Å². The highest BCUT2D eigenvalue weighted by atomic mass is 16.3. The Morgan fingerprint density at radius 1 is 1.12 bits per heavy atom. The molecule has 17 heavy (non-hydrogen) atoms. The number of rotatable bonds is 5. The number of aliphatic hydroxyl groups is 3. The van der Waals surface area contributed by atoms with Crippen molar-refractivity contribution in [1.29, 1.82) is 0 Å². The van der Waals surface area contributed by atoms with E-state index in [4.69, 9.17) is 9.22 Å². The summed E-state index contributed by atoms with van der Waals surface area (Å²) in [4.78, 5) is 0. The van der Waals surface area contributed by atoms with E-state index in [0.29, 0.717) is 0 Å². The van der Waals surface area contributed by atoms with Crippen LogP contribution in [0.15, 0.2) is 0 Å².